The highest BCUT2D eigenvalue weighted by Crippen LogP contribution is 2.57. The molecule has 2 aliphatic rings. The normalized spacial score (nSPS) is 18.0. The second-order valence-corrected chi connectivity index (χ2v) is 5.82. The second-order valence-electron chi connectivity index (χ2n) is 5.82. The van der Waals surface area contributed by atoms with Crippen LogP contribution in [0.1, 0.15) is 34.3 Å². The maximum absolute atomic E-state index is 12.8. The molecule has 0 aromatic heterocycles. The molecule has 0 unspecified atom stereocenters. The van der Waals surface area contributed by atoms with E-state index in [0.29, 0.717) is 6.54 Å². The van der Waals surface area contributed by atoms with Gasteiger partial charge in [0.05, 0.1) is 12.6 Å². The molecule has 0 bridgehead atoms. The van der Waals surface area contributed by atoms with Gasteiger partial charge in [-0.25, -0.2) is 0 Å². The van der Waals surface area contributed by atoms with E-state index in [9.17, 15) is 4.79 Å². The van der Waals surface area contributed by atoms with Crippen LogP contribution in [0.2, 0.25) is 0 Å². The third-order valence-corrected chi connectivity index (χ3v) is 4.63. The topological polar surface area (TPSA) is 29.5 Å². The number of rotatable bonds is 3. The summed E-state index contributed by atoms with van der Waals surface area (Å²) in [6.45, 7) is 0.677. The molecule has 1 aliphatic carbocycles. The van der Waals surface area contributed by atoms with Gasteiger partial charge in [-0.3, -0.25) is 4.79 Å². The minimum Gasteiger partial charge on any atom is -0.497 e. The first kappa shape index (κ1) is 12.5. The van der Waals surface area contributed by atoms with Gasteiger partial charge in [0.15, 0.2) is 0 Å². The average Bonchev–Trinajstić information content (AvgIpc) is 3.30. The number of fused-ring (bicyclic) bond motifs is 2. The molecule has 1 fully saturated rings. The van der Waals surface area contributed by atoms with Gasteiger partial charge in [0.1, 0.15) is 5.75 Å². The lowest BCUT2D eigenvalue weighted by Crippen LogP contribution is -2.32. The van der Waals surface area contributed by atoms with Crippen molar-refractivity contribution in [3.63, 3.8) is 0 Å². The summed E-state index contributed by atoms with van der Waals surface area (Å²) in [7, 11) is 1.63. The number of carbonyl (C=O) groups is 1. The summed E-state index contributed by atoms with van der Waals surface area (Å²) in [6, 6.07) is 16.1. The lowest BCUT2D eigenvalue weighted by Gasteiger charge is -2.25. The molecule has 0 saturated heterocycles. The number of hydrogen-bond donors (Lipinski definition) is 0. The number of carbonyl (C=O) groups excluding carboxylic acids is 1. The molecule has 1 amide bonds. The van der Waals surface area contributed by atoms with E-state index in [0.717, 1.165) is 24.2 Å². The van der Waals surface area contributed by atoms with E-state index in [1.807, 2.05) is 35.2 Å². The van der Waals surface area contributed by atoms with Gasteiger partial charge in [-0.15, -0.1) is 0 Å². The lowest BCUT2D eigenvalue weighted by molar-refractivity contribution is 0.0683. The number of hydrogen-bond acceptors (Lipinski definition) is 2. The van der Waals surface area contributed by atoms with Crippen LogP contribution in [0.15, 0.2) is 48.5 Å². The molecule has 3 heteroatoms. The Labute approximate surface area is 124 Å². The van der Waals surface area contributed by atoms with Gasteiger partial charge in [-0.2, -0.15) is 0 Å². The quantitative estimate of drug-likeness (QED) is 0.862. The van der Waals surface area contributed by atoms with Gasteiger partial charge >= 0.3 is 0 Å². The summed E-state index contributed by atoms with van der Waals surface area (Å²) >= 11 is 0. The van der Waals surface area contributed by atoms with Gasteiger partial charge in [-0.05, 0) is 36.1 Å². The van der Waals surface area contributed by atoms with Crippen LogP contribution in [0, 0.1) is 0 Å². The smallest absolute Gasteiger partial charge is 0.255 e. The highest BCUT2D eigenvalue weighted by Gasteiger charge is 2.57. The first-order valence-corrected chi connectivity index (χ1v) is 7.29. The molecule has 1 heterocycles. The van der Waals surface area contributed by atoms with Crippen molar-refractivity contribution in [1.29, 1.82) is 0 Å². The fourth-order valence-electron chi connectivity index (χ4n) is 3.37. The molecular weight excluding hydrogens is 262 g/mol. The summed E-state index contributed by atoms with van der Waals surface area (Å²) in [6.07, 6.45) is 2.12. The molecule has 3 nitrogen and oxygen atoms in total. The number of methoxy groups -OCH3 is 1. The average molecular weight is 279 g/mol. The Morgan fingerprint density at radius 1 is 1.14 bits per heavy atom. The molecule has 2 aromatic rings. The Morgan fingerprint density at radius 3 is 2.57 bits per heavy atom. The van der Waals surface area contributed by atoms with Crippen molar-refractivity contribution in [3.8, 4) is 5.75 Å². The van der Waals surface area contributed by atoms with Crippen LogP contribution < -0.4 is 4.74 Å². The maximum Gasteiger partial charge on any atom is 0.255 e. The van der Waals surface area contributed by atoms with Crippen molar-refractivity contribution in [2.24, 2.45) is 0 Å². The summed E-state index contributed by atoms with van der Waals surface area (Å²) in [5.41, 5.74) is 3.10. The Bertz CT molecular complexity index is 704. The van der Waals surface area contributed by atoms with E-state index in [1.165, 1.54) is 11.1 Å². The second kappa shape index (κ2) is 4.35. The van der Waals surface area contributed by atoms with Gasteiger partial charge in [-0.1, -0.05) is 36.4 Å². The SMILES string of the molecule is COc1ccc2c(c1)C(=O)N(Cc1ccccc1)C21CC1. The molecule has 2 aromatic carbocycles. The number of amides is 1. The van der Waals surface area contributed by atoms with Crippen molar-refractivity contribution in [1.82, 2.24) is 4.90 Å². The standard InChI is InChI=1S/C18H17NO2/c1-21-14-7-8-16-15(11-14)17(20)19(18(16)9-10-18)12-13-5-3-2-4-6-13/h2-8,11H,9-10,12H2,1H3. The molecule has 0 radical (unpaired) electrons. The molecule has 1 spiro atoms. The third-order valence-electron chi connectivity index (χ3n) is 4.63. The summed E-state index contributed by atoms with van der Waals surface area (Å²) in [4.78, 5) is 14.8. The van der Waals surface area contributed by atoms with Crippen LogP contribution in [0.4, 0.5) is 0 Å². The van der Waals surface area contributed by atoms with Gasteiger partial charge in [0.2, 0.25) is 0 Å². The summed E-state index contributed by atoms with van der Waals surface area (Å²) in [5, 5.41) is 0. The zero-order valence-electron chi connectivity index (χ0n) is 12.0. The largest absolute Gasteiger partial charge is 0.497 e. The maximum atomic E-state index is 12.8. The fraction of sp³-hybridized carbons (Fsp3) is 0.278. The monoisotopic (exact) mass is 279 g/mol. The number of nitrogens with zero attached hydrogens (tertiary/aromatic N) is 1. The molecule has 0 atom stereocenters. The highest BCUT2D eigenvalue weighted by molar-refractivity contribution is 6.01. The first-order chi connectivity index (χ1) is 10.2. The van der Waals surface area contributed by atoms with Crippen LogP contribution >= 0.6 is 0 Å². The lowest BCUT2D eigenvalue weighted by atomic mass is 10.0. The molecule has 106 valence electrons. The van der Waals surface area contributed by atoms with Crippen molar-refractivity contribution in [3.05, 3.63) is 65.2 Å². The zero-order chi connectivity index (χ0) is 14.4. The summed E-state index contributed by atoms with van der Waals surface area (Å²) in [5.74, 6) is 0.879. The Kier molecular flexibility index (Phi) is 2.58. The highest BCUT2D eigenvalue weighted by atomic mass is 16.5. The predicted molar refractivity (Wildman–Crippen MR) is 80.2 cm³/mol. The first-order valence-electron chi connectivity index (χ1n) is 7.29. The van der Waals surface area contributed by atoms with Crippen LogP contribution in [0.5, 0.6) is 5.75 Å². The van der Waals surface area contributed by atoms with E-state index in [4.69, 9.17) is 4.74 Å². The van der Waals surface area contributed by atoms with Crippen molar-refractivity contribution < 1.29 is 9.53 Å². The molecule has 4 rings (SSSR count). The van der Waals surface area contributed by atoms with E-state index in [2.05, 4.69) is 18.2 Å². The Morgan fingerprint density at radius 2 is 1.90 bits per heavy atom. The van der Waals surface area contributed by atoms with Crippen LogP contribution in [0.3, 0.4) is 0 Å². The van der Waals surface area contributed by atoms with E-state index < -0.39 is 0 Å². The van der Waals surface area contributed by atoms with Gasteiger partial charge < -0.3 is 9.64 Å². The molecule has 21 heavy (non-hydrogen) atoms. The minimum absolute atomic E-state index is 0.0610. The number of benzene rings is 2. The van der Waals surface area contributed by atoms with E-state index in [-0.39, 0.29) is 11.4 Å². The van der Waals surface area contributed by atoms with Gasteiger partial charge in [0, 0.05) is 12.1 Å². The minimum atomic E-state index is -0.0610. The van der Waals surface area contributed by atoms with Crippen molar-refractivity contribution in [2.75, 3.05) is 7.11 Å². The predicted octanol–water partition coefficient (Wildman–Crippen LogP) is 3.34. The fourth-order valence-corrected chi connectivity index (χ4v) is 3.37. The van der Waals surface area contributed by atoms with Crippen LogP contribution in [-0.2, 0) is 12.1 Å². The molecular formula is C18H17NO2. The zero-order valence-corrected chi connectivity index (χ0v) is 12.0. The number of ether oxygens (including phenoxy) is 1. The molecule has 1 saturated carbocycles. The summed E-state index contributed by atoms with van der Waals surface area (Å²) < 4.78 is 5.26. The van der Waals surface area contributed by atoms with Crippen LogP contribution in [-0.4, -0.2) is 17.9 Å². The molecule has 0 N–H and O–H groups in total. The Hall–Kier alpha value is -2.29. The van der Waals surface area contributed by atoms with Crippen LogP contribution in [0.25, 0.3) is 0 Å². The van der Waals surface area contributed by atoms with Gasteiger partial charge in [0.25, 0.3) is 5.91 Å². The third kappa shape index (κ3) is 1.77. The van der Waals surface area contributed by atoms with Crippen molar-refractivity contribution >= 4 is 5.91 Å². The van der Waals surface area contributed by atoms with E-state index >= 15 is 0 Å². The van der Waals surface area contributed by atoms with E-state index in [1.54, 1.807) is 7.11 Å². The Balaban J connectivity index is 1.73. The van der Waals surface area contributed by atoms with Crippen molar-refractivity contribution in [2.45, 2.75) is 24.9 Å². The molecule has 1 aliphatic heterocycles.